The smallest absolute Gasteiger partial charge is 0.000833 e. The van der Waals surface area contributed by atoms with Crippen molar-refractivity contribution in [3.05, 3.63) is 58.8 Å². The third-order valence-corrected chi connectivity index (χ3v) is 11.6. The Bertz CT molecular complexity index is 934. The molecule has 0 saturated heterocycles. The van der Waals surface area contributed by atoms with Gasteiger partial charge in [-0.05, 0) is 136 Å². The lowest BCUT2D eigenvalue weighted by Crippen LogP contribution is -2.49. The maximum atomic E-state index is 5.90. The van der Waals surface area contributed by atoms with E-state index in [0.29, 0.717) is 5.41 Å². The molecule has 0 amide bonds. The summed E-state index contributed by atoms with van der Waals surface area (Å²) in [5, 5.41) is 0. The molecule has 192 valence electrons. The Morgan fingerprint density at radius 3 is 2.54 bits per heavy atom. The van der Waals surface area contributed by atoms with E-state index in [9.17, 15) is 0 Å². The Kier molecular flexibility index (Phi) is 7.26. The summed E-state index contributed by atoms with van der Waals surface area (Å²) < 4.78 is 0. The second-order valence-corrected chi connectivity index (χ2v) is 13.5. The number of hydrogen-bond acceptors (Lipinski definition) is 1. The third kappa shape index (κ3) is 4.78. The fourth-order valence-electron chi connectivity index (χ4n) is 9.64. The molecule has 3 fully saturated rings. The summed E-state index contributed by atoms with van der Waals surface area (Å²) in [4.78, 5) is 0. The molecule has 1 aromatic carbocycles. The first-order valence-electron chi connectivity index (χ1n) is 15.0. The molecule has 2 N–H and O–H groups in total. The van der Waals surface area contributed by atoms with E-state index in [0.717, 1.165) is 59.5 Å². The van der Waals surface area contributed by atoms with Crippen molar-refractivity contribution in [3.63, 3.8) is 0 Å². The number of aryl methyl sites for hydroxylation is 1. The molecule has 9 unspecified atom stereocenters. The molecule has 5 rings (SSSR count). The van der Waals surface area contributed by atoms with Crippen LogP contribution in [0.1, 0.15) is 96.6 Å². The summed E-state index contributed by atoms with van der Waals surface area (Å²) in [7, 11) is 0. The highest BCUT2D eigenvalue weighted by Gasteiger charge is 2.55. The first-order valence-corrected chi connectivity index (χ1v) is 15.0. The van der Waals surface area contributed by atoms with Crippen LogP contribution in [-0.2, 0) is 6.42 Å². The molecular weight excluding hydrogens is 422 g/mol. The number of benzene rings is 1. The molecule has 0 bridgehead atoms. The van der Waals surface area contributed by atoms with Gasteiger partial charge in [0.25, 0.3) is 0 Å². The van der Waals surface area contributed by atoms with Gasteiger partial charge in [-0.2, -0.15) is 0 Å². The average Bonchev–Trinajstić information content (AvgIpc) is 3.27. The normalized spacial score (nSPS) is 39.9. The van der Waals surface area contributed by atoms with Gasteiger partial charge < -0.3 is 5.73 Å². The highest BCUT2D eigenvalue weighted by Crippen LogP contribution is 2.64. The predicted molar refractivity (Wildman–Crippen MR) is 150 cm³/mol. The molecular formula is C34H51N. The first kappa shape index (κ1) is 25.2. The standard InChI is InChI=1S/C34H51N/c1-22-9-11-26(12-10-22)21-27-19-20-34(5)32(25(27)4)17-16-31-30-14-13-28(29(30)15-18-33(31)34)23(2)7-6-8-24(3)35/h8-12,17,23,25,27-31,33H,6-7,13-16,18-21,35H2,1-5H3/b24-8-. The Balaban J connectivity index is 1.28. The number of allylic oxidation sites excluding steroid dienone is 4. The molecule has 9 atom stereocenters. The van der Waals surface area contributed by atoms with Gasteiger partial charge in [-0.3, -0.25) is 0 Å². The zero-order chi connectivity index (χ0) is 24.7. The van der Waals surface area contributed by atoms with Gasteiger partial charge in [0, 0.05) is 5.70 Å². The summed E-state index contributed by atoms with van der Waals surface area (Å²) in [6.07, 6.45) is 18.9. The van der Waals surface area contributed by atoms with Crippen LogP contribution in [0.25, 0.3) is 0 Å². The van der Waals surface area contributed by atoms with Crippen LogP contribution in [0.15, 0.2) is 47.7 Å². The largest absolute Gasteiger partial charge is 0.403 e. The van der Waals surface area contributed by atoms with Gasteiger partial charge >= 0.3 is 0 Å². The lowest BCUT2D eigenvalue weighted by Gasteiger charge is -2.57. The number of fused-ring (bicyclic) bond motifs is 5. The van der Waals surface area contributed by atoms with Crippen molar-refractivity contribution in [2.75, 3.05) is 0 Å². The molecule has 0 aromatic heterocycles. The van der Waals surface area contributed by atoms with Crippen molar-refractivity contribution in [1.82, 2.24) is 0 Å². The van der Waals surface area contributed by atoms with Gasteiger partial charge in [0.15, 0.2) is 0 Å². The molecule has 0 heterocycles. The maximum absolute atomic E-state index is 5.90. The minimum atomic E-state index is 0.463. The summed E-state index contributed by atoms with van der Waals surface area (Å²) >= 11 is 0. The molecule has 35 heavy (non-hydrogen) atoms. The SMILES string of the molecule is C/C(N)=C/CCC(C)C1CCC2C1CCC1C2CC=C2C(C)C(Cc3ccc(C)cc3)CCC21C. The van der Waals surface area contributed by atoms with E-state index in [1.165, 1.54) is 68.9 Å². The fraction of sp³-hybridized carbons (Fsp3) is 0.706. The van der Waals surface area contributed by atoms with Crippen LogP contribution >= 0.6 is 0 Å². The Labute approximate surface area is 216 Å². The Morgan fingerprint density at radius 2 is 1.80 bits per heavy atom. The van der Waals surface area contributed by atoms with Crippen molar-refractivity contribution in [2.24, 2.45) is 58.5 Å². The molecule has 0 spiro atoms. The van der Waals surface area contributed by atoms with E-state index >= 15 is 0 Å². The highest BCUT2D eigenvalue weighted by molar-refractivity contribution is 5.28. The van der Waals surface area contributed by atoms with E-state index in [4.69, 9.17) is 5.73 Å². The van der Waals surface area contributed by atoms with E-state index in [1.54, 1.807) is 0 Å². The number of rotatable bonds is 6. The predicted octanol–water partition coefficient (Wildman–Crippen LogP) is 8.87. The molecule has 4 aliphatic carbocycles. The lowest BCUT2D eigenvalue weighted by molar-refractivity contribution is -0.0125. The van der Waals surface area contributed by atoms with Gasteiger partial charge in [-0.15, -0.1) is 0 Å². The van der Waals surface area contributed by atoms with Crippen LogP contribution in [0, 0.1) is 59.7 Å². The van der Waals surface area contributed by atoms with E-state index in [2.05, 4.69) is 64.1 Å². The first-order chi connectivity index (χ1) is 16.8. The number of nitrogens with two attached hydrogens (primary N) is 1. The molecule has 0 aliphatic heterocycles. The topological polar surface area (TPSA) is 26.0 Å². The van der Waals surface area contributed by atoms with Crippen molar-refractivity contribution in [2.45, 2.75) is 98.8 Å². The minimum absolute atomic E-state index is 0.463. The number of hydrogen-bond donors (Lipinski definition) is 1. The second-order valence-electron chi connectivity index (χ2n) is 13.5. The van der Waals surface area contributed by atoms with Gasteiger partial charge in [-0.25, -0.2) is 0 Å². The highest BCUT2D eigenvalue weighted by atomic mass is 14.6. The van der Waals surface area contributed by atoms with Gasteiger partial charge in [0.05, 0.1) is 0 Å². The maximum Gasteiger partial charge on any atom is 0.000833 e. The van der Waals surface area contributed by atoms with Crippen LogP contribution in [-0.4, -0.2) is 0 Å². The van der Waals surface area contributed by atoms with E-state index in [-0.39, 0.29) is 0 Å². The van der Waals surface area contributed by atoms with Crippen LogP contribution in [0.5, 0.6) is 0 Å². The Hall–Kier alpha value is -1.50. The quantitative estimate of drug-likeness (QED) is 0.410. The van der Waals surface area contributed by atoms with Gasteiger partial charge in [0.1, 0.15) is 0 Å². The molecule has 4 aliphatic rings. The minimum Gasteiger partial charge on any atom is -0.403 e. The van der Waals surface area contributed by atoms with E-state index < -0.39 is 0 Å². The van der Waals surface area contributed by atoms with Crippen molar-refractivity contribution in [1.29, 1.82) is 0 Å². The second kappa shape index (κ2) is 10.1. The summed E-state index contributed by atoms with van der Waals surface area (Å²) in [5.41, 5.74) is 12.1. The Morgan fingerprint density at radius 1 is 1.06 bits per heavy atom. The summed E-state index contributed by atoms with van der Waals surface area (Å²) in [6, 6.07) is 9.32. The zero-order valence-corrected chi connectivity index (χ0v) is 23.2. The van der Waals surface area contributed by atoms with Gasteiger partial charge in [0.2, 0.25) is 0 Å². The molecule has 1 aromatic rings. The van der Waals surface area contributed by atoms with Gasteiger partial charge in [-0.1, -0.05) is 68.3 Å². The monoisotopic (exact) mass is 473 g/mol. The molecule has 1 nitrogen and oxygen atoms in total. The van der Waals surface area contributed by atoms with Crippen molar-refractivity contribution >= 4 is 0 Å². The van der Waals surface area contributed by atoms with Crippen LogP contribution in [0.3, 0.4) is 0 Å². The van der Waals surface area contributed by atoms with E-state index in [1.807, 2.05) is 12.5 Å². The third-order valence-electron chi connectivity index (χ3n) is 11.6. The average molecular weight is 474 g/mol. The fourth-order valence-corrected chi connectivity index (χ4v) is 9.64. The summed E-state index contributed by atoms with van der Waals surface area (Å²) in [5.74, 6) is 7.22. The summed E-state index contributed by atoms with van der Waals surface area (Å²) in [6.45, 7) is 12.0. The van der Waals surface area contributed by atoms with Crippen molar-refractivity contribution < 1.29 is 0 Å². The zero-order valence-electron chi connectivity index (χ0n) is 23.2. The molecule has 0 radical (unpaired) electrons. The molecule has 1 heteroatoms. The van der Waals surface area contributed by atoms with Crippen molar-refractivity contribution in [3.8, 4) is 0 Å². The van der Waals surface area contributed by atoms with Crippen LogP contribution in [0.4, 0.5) is 0 Å². The van der Waals surface area contributed by atoms with Crippen LogP contribution in [0.2, 0.25) is 0 Å². The van der Waals surface area contributed by atoms with Crippen LogP contribution < -0.4 is 5.73 Å². The lowest BCUT2D eigenvalue weighted by atomic mass is 9.47. The molecule has 3 saturated carbocycles.